The Labute approximate surface area is 73.0 Å². The summed E-state index contributed by atoms with van der Waals surface area (Å²) in [4.78, 5) is 11.0. The molecule has 70 valence electrons. The lowest BCUT2D eigenvalue weighted by Gasteiger charge is -2.01. The number of carbonyl (C=O) groups is 1. The molecule has 0 aliphatic carbocycles. The summed E-state index contributed by atoms with van der Waals surface area (Å²) in [6.45, 7) is 4.16. The van der Waals surface area contributed by atoms with Gasteiger partial charge >= 0.3 is 5.97 Å². The fraction of sp³-hybridized carbons (Fsp3) is 0.667. The van der Waals surface area contributed by atoms with Crippen LogP contribution in [0.4, 0.5) is 0 Å². The molecule has 0 unspecified atom stereocenters. The number of hydrogen-bond acceptors (Lipinski definition) is 3. The van der Waals surface area contributed by atoms with Crippen LogP contribution in [0.5, 0.6) is 0 Å². The van der Waals surface area contributed by atoms with Gasteiger partial charge in [-0.2, -0.15) is 0 Å². The molecule has 0 radical (unpaired) electrons. The molecule has 0 heterocycles. The van der Waals surface area contributed by atoms with E-state index >= 15 is 0 Å². The Balaban J connectivity index is 3.75. The average Bonchev–Trinajstić information content (AvgIpc) is 2.10. The van der Waals surface area contributed by atoms with Crippen LogP contribution < -0.4 is 0 Å². The van der Waals surface area contributed by atoms with E-state index in [-0.39, 0.29) is 12.6 Å². The molecule has 0 amide bonds. The zero-order chi connectivity index (χ0) is 9.40. The van der Waals surface area contributed by atoms with Crippen LogP contribution in [0.1, 0.15) is 26.7 Å². The van der Waals surface area contributed by atoms with E-state index in [9.17, 15) is 4.79 Å². The molecule has 0 aliphatic rings. The van der Waals surface area contributed by atoms with Crippen molar-refractivity contribution in [2.24, 2.45) is 0 Å². The molecule has 1 N–H and O–H groups in total. The molecule has 12 heavy (non-hydrogen) atoms. The normalized spacial score (nSPS) is 11.4. The lowest BCUT2D eigenvalue weighted by Crippen LogP contribution is -2.06. The third kappa shape index (κ3) is 4.91. The van der Waals surface area contributed by atoms with Gasteiger partial charge in [-0.05, 0) is 19.8 Å². The topological polar surface area (TPSA) is 46.5 Å². The number of hydrogen-bond donors (Lipinski definition) is 1. The number of esters is 1. The van der Waals surface area contributed by atoms with Crippen molar-refractivity contribution < 1.29 is 14.6 Å². The number of ether oxygens (including phenoxy) is 1. The van der Waals surface area contributed by atoms with Crippen LogP contribution >= 0.6 is 0 Å². The first kappa shape index (κ1) is 11.2. The van der Waals surface area contributed by atoms with Crippen LogP contribution in [0, 0.1) is 0 Å². The molecule has 0 spiro atoms. The Bertz CT molecular complexity index is 161. The Morgan fingerprint density at radius 1 is 1.58 bits per heavy atom. The molecule has 0 aliphatic heterocycles. The summed E-state index contributed by atoms with van der Waals surface area (Å²) >= 11 is 0. The average molecular weight is 172 g/mol. The van der Waals surface area contributed by atoms with Crippen molar-refractivity contribution in [2.75, 3.05) is 13.2 Å². The van der Waals surface area contributed by atoms with Crippen molar-refractivity contribution in [1.82, 2.24) is 0 Å². The number of aliphatic hydroxyl groups is 1. The summed E-state index contributed by atoms with van der Waals surface area (Å²) in [5.74, 6) is -0.287. The van der Waals surface area contributed by atoms with E-state index in [1.807, 2.05) is 6.92 Å². The quantitative estimate of drug-likeness (QED) is 0.501. The Morgan fingerprint density at radius 3 is 2.75 bits per heavy atom. The lowest BCUT2D eigenvalue weighted by molar-refractivity contribution is -0.139. The highest BCUT2D eigenvalue weighted by Gasteiger charge is 2.02. The highest BCUT2D eigenvalue weighted by Crippen LogP contribution is 1.98. The van der Waals surface area contributed by atoms with Crippen molar-refractivity contribution in [1.29, 1.82) is 0 Å². The van der Waals surface area contributed by atoms with Crippen molar-refractivity contribution in [3.05, 3.63) is 11.6 Å². The molecular formula is C9H16O3. The molecule has 0 fully saturated rings. The summed E-state index contributed by atoms with van der Waals surface area (Å²) in [6.07, 6.45) is 3.02. The first-order valence-corrected chi connectivity index (χ1v) is 4.17. The third-order valence-electron chi connectivity index (χ3n) is 1.34. The Hall–Kier alpha value is -0.830. The number of carbonyl (C=O) groups excluding carboxylic acids is 1. The molecule has 0 aromatic rings. The van der Waals surface area contributed by atoms with Crippen molar-refractivity contribution in [2.45, 2.75) is 26.7 Å². The Morgan fingerprint density at radius 2 is 2.25 bits per heavy atom. The van der Waals surface area contributed by atoms with E-state index < -0.39 is 0 Å². The minimum Gasteiger partial charge on any atom is -0.462 e. The van der Waals surface area contributed by atoms with Crippen LogP contribution in [0.2, 0.25) is 0 Å². The molecule has 0 rings (SSSR count). The van der Waals surface area contributed by atoms with Crippen LogP contribution in [0.15, 0.2) is 11.6 Å². The maximum absolute atomic E-state index is 11.0. The molecule has 0 saturated carbocycles. The summed E-state index contributed by atoms with van der Waals surface area (Å²) in [5, 5.41) is 8.48. The predicted molar refractivity (Wildman–Crippen MR) is 46.7 cm³/mol. The van der Waals surface area contributed by atoms with Crippen LogP contribution in [-0.4, -0.2) is 24.3 Å². The van der Waals surface area contributed by atoms with Crippen molar-refractivity contribution in [3.8, 4) is 0 Å². The lowest BCUT2D eigenvalue weighted by atomic mass is 10.2. The smallest absolute Gasteiger partial charge is 0.333 e. The maximum atomic E-state index is 11.0. The first-order chi connectivity index (χ1) is 5.72. The van der Waals surface area contributed by atoms with E-state index in [1.54, 1.807) is 13.0 Å². The summed E-state index contributed by atoms with van der Waals surface area (Å²) in [7, 11) is 0. The molecule has 0 atom stereocenters. The standard InChI is InChI=1S/C9H16O3/c1-3-7-12-9(11)8(2)5-4-6-10/h5,10H,3-4,6-7H2,1-2H3. The fourth-order valence-corrected chi connectivity index (χ4v) is 0.673. The van der Waals surface area contributed by atoms with E-state index in [0.717, 1.165) is 6.42 Å². The monoisotopic (exact) mass is 172 g/mol. The zero-order valence-electron chi connectivity index (χ0n) is 7.67. The predicted octanol–water partition coefficient (Wildman–Crippen LogP) is 1.27. The molecule has 0 aromatic heterocycles. The van der Waals surface area contributed by atoms with Gasteiger partial charge in [-0.25, -0.2) is 4.79 Å². The van der Waals surface area contributed by atoms with E-state index in [1.165, 1.54) is 0 Å². The zero-order valence-corrected chi connectivity index (χ0v) is 7.67. The van der Waals surface area contributed by atoms with Gasteiger partial charge in [0.05, 0.1) is 6.61 Å². The summed E-state index contributed by atoms with van der Waals surface area (Å²) in [6, 6.07) is 0. The van der Waals surface area contributed by atoms with Gasteiger partial charge in [-0.15, -0.1) is 0 Å². The maximum Gasteiger partial charge on any atom is 0.333 e. The summed E-state index contributed by atoms with van der Waals surface area (Å²) in [5.41, 5.74) is 0.567. The second kappa shape index (κ2) is 6.85. The third-order valence-corrected chi connectivity index (χ3v) is 1.34. The largest absolute Gasteiger partial charge is 0.462 e. The van der Waals surface area contributed by atoms with Gasteiger partial charge < -0.3 is 9.84 Å². The SMILES string of the molecule is CCCOC(=O)C(C)=CCCO. The Kier molecular flexibility index (Phi) is 6.38. The van der Waals surface area contributed by atoms with Gasteiger partial charge in [0.25, 0.3) is 0 Å². The van der Waals surface area contributed by atoms with E-state index in [4.69, 9.17) is 9.84 Å². The van der Waals surface area contributed by atoms with E-state index in [2.05, 4.69) is 0 Å². The summed E-state index contributed by atoms with van der Waals surface area (Å²) < 4.78 is 4.86. The van der Waals surface area contributed by atoms with Crippen LogP contribution in [-0.2, 0) is 9.53 Å². The van der Waals surface area contributed by atoms with Crippen LogP contribution in [0.3, 0.4) is 0 Å². The first-order valence-electron chi connectivity index (χ1n) is 4.17. The second-order valence-electron chi connectivity index (χ2n) is 2.54. The van der Waals surface area contributed by atoms with Gasteiger partial charge in [-0.1, -0.05) is 13.0 Å². The highest BCUT2D eigenvalue weighted by atomic mass is 16.5. The molecule has 0 bridgehead atoms. The van der Waals surface area contributed by atoms with Gasteiger partial charge in [-0.3, -0.25) is 0 Å². The van der Waals surface area contributed by atoms with Crippen LogP contribution in [0.25, 0.3) is 0 Å². The van der Waals surface area contributed by atoms with Crippen molar-refractivity contribution in [3.63, 3.8) is 0 Å². The van der Waals surface area contributed by atoms with Gasteiger partial charge in [0.2, 0.25) is 0 Å². The van der Waals surface area contributed by atoms with Gasteiger partial charge in [0, 0.05) is 12.2 Å². The minimum absolute atomic E-state index is 0.0679. The van der Waals surface area contributed by atoms with E-state index in [0.29, 0.717) is 18.6 Å². The number of rotatable bonds is 5. The highest BCUT2D eigenvalue weighted by molar-refractivity contribution is 5.87. The minimum atomic E-state index is -0.287. The number of aliphatic hydroxyl groups excluding tert-OH is 1. The molecular weight excluding hydrogens is 156 g/mol. The van der Waals surface area contributed by atoms with Gasteiger partial charge in [0.15, 0.2) is 0 Å². The molecule has 0 aromatic carbocycles. The van der Waals surface area contributed by atoms with Crippen molar-refractivity contribution >= 4 is 5.97 Å². The van der Waals surface area contributed by atoms with Gasteiger partial charge in [0.1, 0.15) is 0 Å². The second-order valence-corrected chi connectivity index (χ2v) is 2.54. The molecule has 3 heteroatoms. The molecule has 0 saturated heterocycles. The fourth-order valence-electron chi connectivity index (χ4n) is 0.673. The molecule has 3 nitrogen and oxygen atoms in total.